The predicted octanol–water partition coefficient (Wildman–Crippen LogP) is 3.48. The smallest absolute Gasteiger partial charge is 0.0366 e. The van der Waals surface area contributed by atoms with Gasteiger partial charge in [-0.15, -0.1) is 0 Å². The minimum atomic E-state index is 0.139. The van der Waals surface area contributed by atoms with Gasteiger partial charge in [0.15, 0.2) is 0 Å². The van der Waals surface area contributed by atoms with E-state index >= 15 is 0 Å². The maximum atomic E-state index is 5.88. The van der Waals surface area contributed by atoms with Gasteiger partial charge >= 0.3 is 0 Å². The van der Waals surface area contributed by atoms with Gasteiger partial charge in [0.1, 0.15) is 0 Å². The van der Waals surface area contributed by atoms with E-state index in [1.165, 1.54) is 56.4 Å². The molecular formula is C16H24N2. The fourth-order valence-corrected chi connectivity index (χ4v) is 3.55. The summed E-state index contributed by atoms with van der Waals surface area (Å²) in [7, 11) is 0. The first-order valence-electron chi connectivity index (χ1n) is 7.29. The van der Waals surface area contributed by atoms with Crippen molar-refractivity contribution in [2.75, 3.05) is 18.0 Å². The first-order valence-corrected chi connectivity index (χ1v) is 7.29. The molecule has 1 heterocycles. The molecule has 98 valence electrons. The van der Waals surface area contributed by atoms with E-state index in [-0.39, 0.29) is 6.04 Å². The lowest BCUT2D eigenvalue weighted by Gasteiger charge is -2.53. The van der Waals surface area contributed by atoms with Crippen molar-refractivity contribution in [3.8, 4) is 0 Å². The topological polar surface area (TPSA) is 29.3 Å². The predicted molar refractivity (Wildman–Crippen MR) is 76.8 cm³/mol. The van der Waals surface area contributed by atoms with Crippen LogP contribution in [-0.4, -0.2) is 13.1 Å². The molecule has 1 aliphatic carbocycles. The van der Waals surface area contributed by atoms with Gasteiger partial charge in [0.25, 0.3) is 0 Å². The number of benzene rings is 1. The summed E-state index contributed by atoms with van der Waals surface area (Å²) in [5.41, 5.74) is 9.15. The van der Waals surface area contributed by atoms with Gasteiger partial charge in [-0.3, -0.25) is 0 Å². The molecule has 0 amide bonds. The average Bonchev–Trinajstić information content (AvgIpc) is 2.37. The molecule has 2 fully saturated rings. The molecule has 0 aromatic heterocycles. The Kier molecular flexibility index (Phi) is 3.06. The van der Waals surface area contributed by atoms with E-state index in [0.29, 0.717) is 5.41 Å². The van der Waals surface area contributed by atoms with E-state index in [1.54, 1.807) is 0 Å². The van der Waals surface area contributed by atoms with Gasteiger partial charge in [-0.2, -0.15) is 0 Å². The minimum absolute atomic E-state index is 0.139. The molecule has 1 aromatic carbocycles. The molecule has 2 aliphatic rings. The molecule has 0 bridgehead atoms. The number of anilines is 1. The van der Waals surface area contributed by atoms with Gasteiger partial charge in [0.05, 0.1) is 0 Å². The summed E-state index contributed by atoms with van der Waals surface area (Å²) >= 11 is 0. The van der Waals surface area contributed by atoms with Gasteiger partial charge in [-0.25, -0.2) is 0 Å². The van der Waals surface area contributed by atoms with Crippen LogP contribution in [0.3, 0.4) is 0 Å². The van der Waals surface area contributed by atoms with Crippen LogP contribution < -0.4 is 10.6 Å². The second-order valence-corrected chi connectivity index (χ2v) is 6.30. The Hall–Kier alpha value is -1.02. The number of hydrogen-bond acceptors (Lipinski definition) is 2. The van der Waals surface area contributed by atoms with Crippen LogP contribution in [0.25, 0.3) is 0 Å². The van der Waals surface area contributed by atoms with Gasteiger partial charge < -0.3 is 10.6 Å². The number of rotatable bonds is 2. The number of nitrogens with zero attached hydrogens (tertiary/aromatic N) is 1. The van der Waals surface area contributed by atoms with Crippen LogP contribution in [0.5, 0.6) is 0 Å². The van der Waals surface area contributed by atoms with Crippen LogP contribution in [-0.2, 0) is 0 Å². The average molecular weight is 244 g/mol. The minimum Gasteiger partial charge on any atom is -0.370 e. The summed E-state index contributed by atoms with van der Waals surface area (Å²) < 4.78 is 0. The van der Waals surface area contributed by atoms with Crippen molar-refractivity contribution in [2.24, 2.45) is 11.1 Å². The van der Waals surface area contributed by atoms with Crippen molar-refractivity contribution < 1.29 is 0 Å². The first kappa shape index (κ1) is 12.0. The Bertz CT molecular complexity index is 394. The van der Waals surface area contributed by atoms with E-state index in [1.807, 2.05) is 6.92 Å². The second kappa shape index (κ2) is 4.58. The Morgan fingerprint density at radius 2 is 1.67 bits per heavy atom. The second-order valence-electron chi connectivity index (χ2n) is 6.30. The molecule has 1 spiro atoms. The highest BCUT2D eigenvalue weighted by Gasteiger charge is 2.43. The highest BCUT2D eigenvalue weighted by Crippen LogP contribution is 2.45. The van der Waals surface area contributed by atoms with Crippen molar-refractivity contribution in [1.29, 1.82) is 0 Å². The molecule has 0 radical (unpaired) electrons. The number of hydrogen-bond donors (Lipinski definition) is 1. The van der Waals surface area contributed by atoms with E-state index in [0.717, 1.165) is 0 Å². The fourth-order valence-electron chi connectivity index (χ4n) is 3.55. The Morgan fingerprint density at radius 1 is 1.06 bits per heavy atom. The summed E-state index contributed by atoms with van der Waals surface area (Å²) in [5, 5.41) is 0. The molecule has 1 saturated carbocycles. The Morgan fingerprint density at radius 3 is 2.22 bits per heavy atom. The van der Waals surface area contributed by atoms with E-state index in [9.17, 15) is 0 Å². The zero-order valence-corrected chi connectivity index (χ0v) is 11.4. The van der Waals surface area contributed by atoms with Gasteiger partial charge in [0, 0.05) is 30.2 Å². The molecule has 3 rings (SSSR count). The van der Waals surface area contributed by atoms with Crippen molar-refractivity contribution in [3.63, 3.8) is 0 Å². The third-order valence-electron chi connectivity index (χ3n) is 4.75. The largest absolute Gasteiger partial charge is 0.370 e. The molecule has 1 atom stereocenters. The van der Waals surface area contributed by atoms with Crippen LogP contribution in [0.15, 0.2) is 24.3 Å². The van der Waals surface area contributed by atoms with Crippen LogP contribution in [0, 0.1) is 5.41 Å². The third-order valence-corrected chi connectivity index (χ3v) is 4.75. The lowest BCUT2D eigenvalue weighted by molar-refractivity contribution is 0.139. The van der Waals surface area contributed by atoms with Crippen LogP contribution in [0.1, 0.15) is 50.6 Å². The standard InChI is InChI=1S/C16H24N2/c1-13(17)14-5-7-15(8-6-14)18-11-16(12-18)9-3-2-4-10-16/h5-8,13H,2-4,9-12,17H2,1H3. The molecular weight excluding hydrogens is 220 g/mol. The van der Waals surface area contributed by atoms with E-state index in [4.69, 9.17) is 5.73 Å². The SMILES string of the molecule is CC(N)c1ccc(N2CC3(CCCCC3)C2)cc1. The normalized spacial score (nSPS) is 23.8. The maximum Gasteiger partial charge on any atom is 0.0366 e. The summed E-state index contributed by atoms with van der Waals surface area (Å²) in [6, 6.07) is 8.95. The van der Waals surface area contributed by atoms with Crippen molar-refractivity contribution >= 4 is 5.69 Å². The summed E-state index contributed by atoms with van der Waals surface area (Å²) in [6.07, 6.45) is 7.22. The Balaban J connectivity index is 1.64. The van der Waals surface area contributed by atoms with Gasteiger partial charge in [-0.1, -0.05) is 31.4 Å². The molecule has 1 unspecified atom stereocenters. The summed E-state index contributed by atoms with van der Waals surface area (Å²) in [5.74, 6) is 0. The third kappa shape index (κ3) is 2.14. The highest BCUT2D eigenvalue weighted by molar-refractivity contribution is 5.51. The lowest BCUT2D eigenvalue weighted by atomic mass is 9.68. The summed E-state index contributed by atoms with van der Waals surface area (Å²) in [6.45, 7) is 4.57. The zero-order valence-electron chi connectivity index (χ0n) is 11.4. The molecule has 1 saturated heterocycles. The number of nitrogens with two attached hydrogens (primary N) is 1. The van der Waals surface area contributed by atoms with Crippen molar-refractivity contribution in [1.82, 2.24) is 0 Å². The van der Waals surface area contributed by atoms with E-state index in [2.05, 4.69) is 29.2 Å². The lowest BCUT2D eigenvalue weighted by Crippen LogP contribution is -2.57. The monoisotopic (exact) mass is 244 g/mol. The van der Waals surface area contributed by atoms with Crippen molar-refractivity contribution in [3.05, 3.63) is 29.8 Å². The van der Waals surface area contributed by atoms with Crippen molar-refractivity contribution in [2.45, 2.75) is 45.1 Å². The van der Waals surface area contributed by atoms with Crippen LogP contribution in [0.4, 0.5) is 5.69 Å². The Labute approximate surface area is 110 Å². The zero-order chi connectivity index (χ0) is 12.6. The van der Waals surface area contributed by atoms with E-state index < -0.39 is 0 Å². The molecule has 2 nitrogen and oxygen atoms in total. The van der Waals surface area contributed by atoms with Gasteiger partial charge in [0.2, 0.25) is 0 Å². The summed E-state index contributed by atoms with van der Waals surface area (Å²) in [4.78, 5) is 2.52. The first-order chi connectivity index (χ1) is 8.69. The molecule has 18 heavy (non-hydrogen) atoms. The highest BCUT2D eigenvalue weighted by atomic mass is 15.2. The van der Waals surface area contributed by atoms with Gasteiger partial charge in [-0.05, 0) is 37.5 Å². The molecule has 1 aliphatic heterocycles. The molecule has 2 N–H and O–H groups in total. The molecule has 1 aromatic rings. The maximum absolute atomic E-state index is 5.88. The van der Waals surface area contributed by atoms with Crippen LogP contribution in [0.2, 0.25) is 0 Å². The fraction of sp³-hybridized carbons (Fsp3) is 0.625. The quantitative estimate of drug-likeness (QED) is 0.863. The molecule has 2 heteroatoms. The van der Waals surface area contributed by atoms with Crippen LogP contribution >= 0.6 is 0 Å².